The first-order valence-electron chi connectivity index (χ1n) is 11.0. The molecule has 2 aromatic carbocycles. The highest BCUT2D eigenvalue weighted by molar-refractivity contribution is 7.92. The molecule has 7 nitrogen and oxygen atoms in total. The summed E-state index contributed by atoms with van der Waals surface area (Å²) in [5.74, 6) is -0.396. The molecule has 0 fully saturated rings. The van der Waals surface area contributed by atoms with Crippen LogP contribution in [-0.2, 0) is 26.0 Å². The third-order valence-electron chi connectivity index (χ3n) is 5.27. The molecule has 2 rings (SSSR count). The molecule has 33 heavy (non-hydrogen) atoms. The minimum absolute atomic E-state index is 0.123. The predicted octanol–water partition coefficient (Wildman–Crippen LogP) is 3.48. The molecular weight excluding hydrogens is 462 g/mol. The number of benzene rings is 2. The van der Waals surface area contributed by atoms with Crippen LogP contribution in [0, 0.1) is 0 Å². The second-order valence-corrected chi connectivity index (χ2v) is 10.2. The van der Waals surface area contributed by atoms with Gasteiger partial charge >= 0.3 is 0 Å². The number of carbonyl (C=O) groups is 2. The van der Waals surface area contributed by atoms with Crippen molar-refractivity contribution in [3.8, 4) is 0 Å². The Kier molecular flexibility index (Phi) is 10.2. The summed E-state index contributed by atoms with van der Waals surface area (Å²) in [6, 6.07) is 15.7. The lowest BCUT2D eigenvalue weighted by Gasteiger charge is -2.29. The van der Waals surface area contributed by atoms with E-state index < -0.39 is 16.1 Å². The Bertz CT molecular complexity index is 1010. The molecule has 0 bridgehead atoms. The monoisotopic (exact) mass is 493 g/mol. The fourth-order valence-corrected chi connectivity index (χ4v) is 4.59. The van der Waals surface area contributed by atoms with Crippen LogP contribution in [0.2, 0.25) is 5.02 Å². The number of nitrogens with zero attached hydrogens (tertiary/aromatic N) is 2. The summed E-state index contributed by atoms with van der Waals surface area (Å²) in [6.07, 6.45) is 2.19. The molecule has 0 aliphatic carbocycles. The third kappa shape index (κ3) is 8.37. The number of hydrogen-bond acceptors (Lipinski definition) is 4. The molecule has 0 unspecified atom stereocenters. The lowest BCUT2D eigenvalue weighted by atomic mass is 10.1. The van der Waals surface area contributed by atoms with E-state index >= 15 is 0 Å². The lowest BCUT2D eigenvalue weighted by molar-refractivity contribution is -0.139. The van der Waals surface area contributed by atoms with Crippen molar-refractivity contribution in [1.29, 1.82) is 0 Å². The van der Waals surface area contributed by atoms with Gasteiger partial charge in [-0.05, 0) is 56.5 Å². The Morgan fingerprint density at radius 2 is 1.67 bits per heavy atom. The van der Waals surface area contributed by atoms with Crippen LogP contribution in [-0.4, -0.2) is 57.1 Å². The number of likely N-dealkylation sites (N-methyl/N-ethyl adjacent to an activating group) is 1. The van der Waals surface area contributed by atoms with Crippen LogP contribution in [0.4, 0.5) is 5.69 Å². The fourth-order valence-electron chi connectivity index (χ4n) is 3.50. The maximum atomic E-state index is 13.1. The van der Waals surface area contributed by atoms with E-state index in [0.29, 0.717) is 36.6 Å². The van der Waals surface area contributed by atoms with Gasteiger partial charge in [0.2, 0.25) is 21.8 Å². The number of hydrogen-bond donors (Lipinski definition) is 1. The van der Waals surface area contributed by atoms with Gasteiger partial charge in [0.05, 0.1) is 11.9 Å². The Labute approximate surface area is 201 Å². The first-order valence-corrected chi connectivity index (χ1v) is 13.2. The zero-order chi connectivity index (χ0) is 24.4. The molecule has 180 valence electrons. The largest absolute Gasteiger partial charge is 0.355 e. The van der Waals surface area contributed by atoms with Crippen LogP contribution in [0.1, 0.15) is 32.3 Å². The highest BCUT2D eigenvalue weighted by Crippen LogP contribution is 2.21. The summed E-state index contributed by atoms with van der Waals surface area (Å²) in [5.41, 5.74) is 1.57. The molecule has 0 aromatic heterocycles. The number of halogens is 1. The normalized spacial score (nSPS) is 12.1. The van der Waals surface area contributed by atoms with E-state index in [-0.39, 0.29) is 24.8 Å². The van der Waals surface area contributed by atoms with Gasteiger partial charge in [-0.3, -0.25) is 13.9 Å². The van der Waals surface area contributed by atoms with E-state index in [4.69, 9.17) is 11.6 Å². The Morgan fingerprint density at radius 1 is 1.03 bits per heavy atom. The second-order valence-electron chi connectivity index (χ2n) is 7.81. The van der Waals surface area contributed by atoms with Gasteiger partial charge in [0, 0.05) is 31.1 Å². The van der Waals surface area contributed by atoms with Crippen molar-refractivity contribution >= 4 is 39.1 Å². The lowest BCUT2D eigenvalue weighted by Crippen LogP contribution is -2.48. The summed E-state index contributed by atoms with van der Waals surface area (Å²) < 4.78 is 25.9. The smallest absolute Gasteiger partial charge is 0.242 e. The first kappa shape index (κ1) is 26.7. The molecule has 9 heteroatoms. The van der Waals surface area contributed by atoms with E-state index in [9.17, 15) is 18.0 Å². The summed E-state index contributed by atoms with van der Waals surface area (Å²) >= 11 is 5.91. The van der Waals surface area contributed by atoms with Crippen molar-refractivity contribution in [3.05, 3.63) is 65.2 Å². The molecule has 0 heterocycles. The Hall–Kier alpha value is -2.58. The average molecular weight is 494 g/mol. The zero-order valence-corrected chi connectivity index (χ0v) is 20.9. The number of carbonyl (C=O) groups excluding carboxylic acids is 2. The summed E-state index contributed by atoms with van der Waals surface area (Å²) in [7, 11) is -3.53. The van der Waals surface area contributed by atoms with Crippen molar-refractivity contribution in [3.63, 3.8) is 0 Å². The Balaban J connectivity index is 2.07. The number of amides is 2. The van der Waals surface area contributed by atoms with Crippen molar-refractivity contribution in [2.45, 2.75) is 39.2 Å². The Morgan fingerprint density at radius 3 is 2.24 bits per heavy atom. The van der Waals surface area contributed by atoms with Crippen LogP contribution in [0.15, 0.2) is 54.6 Å². The minimum atomic E-state index is -3.53. The van der Waals surface area contributed by atoms with Gasteiger partial charge in [-0.2, -0.15) is 0 Å². The van der Waals surface area contributed by atoms with Crippen molar-refractivity contribution < 1.29 is 18.0 Å². The van der Waals surface area contributed by atoms with Crippen LogP contribution in [0.25, 0.3) is 0 Å². The van der Waals surface area contributed by atoms with Crippen LogP contribution in [0.3, 0.4) is 0 Å². The van der Waals surface area contributed by atoms with E-state index in [0.717, 1.165) is 11.8 Å². The number of anilines is 1. The molecule has 0 aliphatic heterocycles. The zero-order valence-electron chi connectivity index (χ0n) is 19.3. The third-order valence-corrected chi connectivity index (χ3v) is 6.72. The molecule has 1 atom stereocenters. The molecule has 0 spiro atoms. The highest BCUT2D eigenvalue weighted by Gasteiger charge is 2.26. The standard InChI is InChI=1S/C24H32ClN3O4S/c1-4-26-24(30)19(2)27(18-16-20-9-6-5-7-10-20)23(29)11-8-17-28(33(3,31)32)22-14-12-21(25)13-15-22/h5-7,9-10,12-15,19H,4,8,11,16-18H2,1-3H3,(H,26,30)/t19-/m1/s1. The van der Waals surface area contributed by atoms with E-state index in [1.54, 1.807) is 36.1 Å². The van der Waals surface area contributed by atoms with E-state index in [1.165, 1.54) is 4.31 Å². The maximum absolute atomic E-state index is 13.1. The SMILES string of the molecule is CCNC(=O)[C@@H](C)N(CCc1ccccc1)C(=O)CCCN(c1ccc(Cl)cc1)S(C)(=O)=O. The quantitative estimate of drug-likeness (QED) is 0.490. The van der Waals surface area contributed by atoms with Gasteiger partial charge in [0.15, 0.2) is 0 Å². The van der Waals surface area contributed by atoms with Crippen molar-refractivity contribution in [1.82, 2.24) is 10.2 Å². The maximum Gasteiger partial charge on any atom is 0.242 e. The van der Waals surface area contributed by atoms with E-state index in [2.05, 4.69) is 5.32 Å². The predicted molar refractivity (Wildman–Crippen MR) is 133 cm³/mol. The second kappa shape index (κ2) is 12.6. The topological polar surface area (TPSA) is 86.8 Å². The van der Waals surface area contributed by atoms with Crippen molar-refractivity contribution in [2.75, 3.05) is 30.2 Å². The summed E-state index contributed by atoms with van der Waals surface area (Å²) in [4.78, 5) is 27.1. The van der Waals surface area contributed by atoms with Gasteiger partial charge < -0.3 is 10.2 Å². The van der Waals surface area contributed by atoms with Gasteiger partial charge in [0.25, 0.3) is 0 Å². The molecule has 1 N–H and O–H groups in total. The molecular formula is C24H32ClN3O4S. The van der Waals surface area contributed by atoms with Crippen LogP contribution < -0.4 is 9.62 Å². The molecule has 2 aromatic rings. The summed E-state index contributed by atoms with van der Waals surface area (Å²) in [6.45, 7) is 4.57. The number of nitrogens with one attached hydrogen (secondary N) is 1. The molecule has 0 saturated heterocycles. The van der Waals surface area contributed by atoms with Crippen LogP contribution in [0.5, 0.6) is 0 Å². The molecule has 0 radical (unpaired) electrons. The van der Waals surface area contributed by atoms with Crippen LogP contribution >= 0.6 is 11.6 Å². The van der Waals surface area contributed by atoms with Gasteiger partial charge in [-0.25, -0.2) is 8.42 Å². The fraction of sp³-hybridized carbons (Fsp3) is 0.417. The highest BCUT2D eigenvalue weighted by atomic mass is 35.5. The van der Waals surface area contributed by atoms with Gasteiger partial charge in [0.1, 0.15) is 6.04 Å². The number of rotatable bonds is 12. The molecule has 0 saturated carbocycles. The average Bonchev–Trinajstić information content (AvgIpc) is 2.77. The molecule has 2 amide bonds. The van der Waals surface area contributed by atoms with E-state index in [1.807, 2.05) is 37.3 Å². The van der Waals surface area contributed by atoms with Gasteiger partial charge in [-0.15, -0.1) is 0 Å². The number of sulfonamides is 1. The minimum Gasteiger partial charge on any atom is -0.355 e. The first-order chi connectivity index (χ1) is 15.6. The molecule has 0 aliphatic rings. The van der Waals surface area contributed by atoms with Gasteiger partial charge in [-0.1, -0.05) is 41.9 Å². The summed E-state index contributed by atoms with van der Waals surface area (Å²) in [5, 5.41) is 3.28. The van der Waals surface area contributed by atoms with Crippen molar-refractivity contribution in [2.24, 2.45) is 0 Å².